The molecule has 0 aliphatic rings. The average Bonchev–Trinajstić information content (AvgIpc) is 3.19. The minimum atomic E-state index is 0.0383. The van der Waals surface area contributed by atoms with E-state index < -0.39 is 0 Å². The van der Waals surface area contributed by atoms with Crippen LogP contribution in [-0.2, 0) is 17.9 Å². The van der Waals surface area contributed by atoms with E-state index in [9.17, 15) is 4.79 Å². The summed E-state index contributed by atoms with van der Waals surface area (Å²) in [5.74, 6) is 0.417. The maximum Gasteiger partial charge on any atom is 0.230 e. The highest BCUT2D eigenvalue weighted by atomic mass is 32.2. The van der Waals surface area contributed by atoms with Crippen LogP contribution < -0.4 is 5.32 Å². The molecule has 25 heavy (non-hydrogen) atoms. The molecule has 0 aliphatic heterocycles. The molecule has 3 rings (SSSR count). The number of amides is 1. The molecule has 132 valence electrons. The number of nitrogens with zero attached hydrogens (tertiary/aromatic N) is 4. The van der Waals surface area contributed by atoms with Crippen LogP contribution in [0.15, 0.2) is 41.8 Å². The number of hydrogen-bond acceptors (Lipinski definition) is 4. The van der Waals surface area contributed by atoms with Gasteiger partial charge in [-0.25, -0.2) is 4.98 Å². The Morgan fingerprint density at radius 3 is 2.92 bits per heavy atom. The Balaban J connectivity index is 1.46. The molecular weight excluding hydrogens is 334 g/mol. The van der Waals surface area contributed by atoms with E-state index in [2.05, 4.69) is 33.0 Å². The largest absolute Gasteiger partial charge is 0.355 e. The number of aromatic nitrogens is 4. The van der Waals surface area contributed by atoms with Gasteiger partial charge in [0.2, 0.25) is 5.91 Å². The van der Waals surface area contributed by atoms with Crippen molar-refractivity contribution in [2.24, 2.45) is 0 Å². The van der Waals surface area contributed by atoms with Gasteiger partial charge in [0.1, 0.15) is 0 Å². The average molecular weight is 357 g/mol. The quantitative estimate of drug-likeness (QED) is 0.497. The van der Waals surface area contributed by atoms with E-state index in [0.29, 0.717) is 12.3 Å². The molecule has 0 radical (unpaired) electrons. The molecule has 0 spiro atoms. The minimum Gasteiger partial charge on any atom is -0.355 e. The number of carbonyl (C=O) groups excluding carboxylic acids is 1. The first kappa shape index (κ1) is 17.5. The molecule has 0 saturated carbocycles. The first-order chi connectivity index (χ1) is 12.2. The number of imidazole rings is 1. The third kappa shape index (κ3) is 4.42. The number of nitrogens with one attached hydrogen (secondary N) is 1. The van der Waals surface area contributed by atoms with Crippen LogP contribution in [0.4, 0.5) is 0 Å². The third-order valence-electron chi connectivity index (χ3n) is 3.92. The summed E-state index contributed by atoms with van der Waals surface area (Å²) < 4.78 is 4.05. The van der Waals surface area contributed by atoms with Gasteiger partial charge >= 0.3 is 0 Å². The zero-order chi connectivity index (χ0) is 17.6. The SMILES string of the molecule is CCn1c(SCC(=O)NCCCn2cc(C)cn2)nc2ccccc21. The lowest BCUT2D eigenvalue weighted by molar-refractivity contribution is -0.118. The fourth-order valence-electron chi connectivity index (χ4n) is 2.71. The van der Waals surface area contributed by atoms with E-state index in [1.807, 2.05) is 42.2 Å². The highest BCUT2D eigenvalue weighted by Gasteiger charge is 2.11. The predicted octanol–water partition coefficient (Wildman–Crippen LogP) is 2.86. The number of aryl methyl sites for hydroxylation is 3. The Bertz CT molecular complexity index is 854. The van der Waals surface area contributed by atoms with Crippen LogP contribution in [0.25, 0.3) is 11.0 Å². The summed E-state index contributed by atoms with van der Waals surface area (Å²) >= 11 is 1.49. The van der Waals surface area contributed by atoms with Crippen molar-refractivity contribution < 1.29 is 4.79 Å². The van der Waals surface area contributed by atoms with Crippen LogP contribution in [0.2, 0.25) is 0 Å². The van der Waals surface area contributed by atoms with Crippen LogP contribution in [-0.4, -0.2) is 37.5 Å². The van der Waals surface area contributed by atoms with E-state index >= 15 is 0 Å². The van der Waals surface area contributed by atoms with Gasteiger partial charge in [-0.3, -0.25) is 9.48 Å². The van der Waals surface area contributed by atoms with Gasteiger partial charge in [0.05, 0.1) is 23.0 Å². The summed E-state index contributed by atoms with van der Waals surface area (Å²) in [5, 5.41) is 8.09. The van der Waals surface area contributed by atoms with E-state index in [1.165, 1.54) is 11.8 Å². The van der Waals surface area contributed by atoms with E-state index in [-0.39, 0.29) is 5.91 Å². The molecule has 0 unspecified atom stereocenters. The monoisotopic (exact) mass is 357 g/mol. The summed E-state index contributed by atoms with van der Waals surface area (Å²) in [7, 11) is 0. The first-order valence-electron chi connectivity index (χ1n) is 8.51. The normalized spacial score (nSPS) is 11.1. The lowest BCUT2D eigenvalue weighted by Gasteiger charge is -2.07. The molecular formula is C18H23N5OS. The molecule has 0 atom stereocenters. The molecule has 3 aromatic rings. The first-order valence-corrected chi connectivity index (χ1v) is 9.49. The number of rotatable bonds is 8. The highest BCUT2D eigenvalue weighted by Crippen LogP contribution is 2.23. The number of benzene rings is 1. The molecule has 6 nitrogen and oxygen atoms in total. The Morgan fingerprint density at radius 1 is 1.32 bits per heavy atom. The second kappa shape index (κ2) is 8.20. The maximum absolute atomic E-state index is 12.1. The van der Waals surface area contributed by atoms with Crippen molar-refractivity contribution in [3.8, 4) is 0 Å². The Kier molecular flexibility index (Phi) is 5.75. The van der Waals surface area contributed by atoms with Crippen molar-refractivity contribution in [3.63, 3.8) is 0 Å². The van der Waals surface area contributed by atoms with Gasteiger partial charge in [-0.05, 0) is 38.0 Å². The summed E-state index contributed by atoms with van der Waals surface area (Å²) in [6.45, 7) is 6.42. The van der Waals surface area contributed by atoms with E-state index in [0.717, 1.165) is 41.3 Å². The Morgan fingerprint density at radius 2 is 2.16 bits per heavy atom. The molecule has 1 aromatic carbocycles. The van der Waals surface area contributed by atoms with Crippen molar-refractivity contribution in [2.45, 2.75) is 38.5 Å². The van der Waals surface area contributed by atoms with Crippen LogP contribution in [0.3, 0.4) is 0 Å². The number of carbonyl (C=O) groups is 1. The van der Waals surface area contributed by atoms with Gasteiger partial charge in [-0.2, -0.15) is 5.10 Å². The minimum absolute atomic E-state index is 0.0383. The number of thioether (sulfide) groups is 1. The van der Waals surface area contributed by atoms with Crippen molar-refractivity contribution in [3.05, 3.63) is 42.2 Å². The molecule has 1 amide bonds. The van der Waals surface area contributed by atoms with Crippen LogP contribution in [0.5, 0.6) is 0 Å². The van der Waals surface area contributed by atoms with Gasteiger partial charge in [0.15, 0.2) is 5.16 Å². The molecule has 0 aliphatic carbocycles. The van der Waals surface area contributed by atoms with Gasteiger partial charge < -0.3 is 9.88 Å². The molecule has 0 bridgehead atoms. The molecule has 0 saturated heterocycles. The predicted molar refractivity (Wildman–Crippen MR) is 101 cm³/mol. The lowest BCUT2D eigenvalue weighted by atomic mass is 10.3. The van der Waals surface area contributed by atoms with Crippen LogP contribution in [0, 0.1) is 6.92 Å². The smallest absolute Gasteiger partial charge is 0.230 e. The molecule has 0 fully saturated rings. The molecule has 7 heteroatoms. The summed E-state index contributed by atoms with van der Waals surface area (Å²) in [4.78, 5) is 16.7. The molecule has 2 heterocycles. The third-order valence-corrected chi connectivity index (χ3v) is 4.89. The lowest BCUT2D eigenvalue weighted by Crippen LogP contribution is -2.27. The Labute approximate surface area is 151 Å². The highest BCUT2D eigenvalue weighted by molar-refractivity contribution is 7.99. The van der Waals surface area contributed by atoms with Gasteiger partial charge in [0, 0.05) is 25.8 Å². The van der Waals surface area contributed by atoms with Crippen molar-refractivity contribution in [1.29, 1.82) is 0 Å². The zero-order valence-electron chi connectivity index (χ0n) is 14.6. The van der Waals surface area contributed by atoms with Gasteiger partial charge in [-0.15, -0.1) is 0 Å². The summed E-state index contributed by atoms with van der Waals surface area (Å²) in [5.41, 5.74) is 3.24. The molecule has 1 N–H and O–H groups in total. The van der Waals surface area contributed by atoms with E-state index in [1.54, 1.807) is 0 Å². The molecule has 2 aromatic heterocycles. The van der Waals surface area contributed by atoms with Gasteiger partial charge in [0.25, 0.3) is 0 Å². The van der Waals surface area contributed by atoms with Gasteiger partial charge in [-0.1, -0.05) is 23.9 Å². The Hall–Kier alpha value is -2.28. The maximum atomic E-state index is 12.1. The van der Waals surface area contributed by atoms with E-state index in [4.69, 9.17) is 0 Å². The number of hydrogen-bond donors (Lipinski definition) is 1. The van der Waals surface area contributed by atoms with Crippen molar-refractivity contribution >= 4 is 28.7 Å². The number of fused-ring (bicyclic) bond motifs is 1. The standard InChI is InChI=1S/C18H23N5OS/c1-3-23-16-8-5-4-7-15(16)21-18(23)25-13-17(24)19-9-6-10-22-12-14(2)11-20-22/h4-5,7-8,11-12H,3,6,9-10,13H2,1-2H3,(H,19,24). The summed E-state index contributed by atoms with van der Waals surface area (Å²) in [6.07, 6.45) is 4.72. The van der Waals surface area contributed by atoms with Crippen molar-refractivity contribution in [1.82, 2.24) is 24.6 Å². The fraction of sp³-hybridized carbons (Fsp3) is 0.389. The second-order valence-corrected chi connectivity index (χ2v) is 6.84. The second-order valence-electron chi connectivity index (χ2n) is 5.90. The van der Waals surface area contributed by atoms with Crippen LogP contribution >= 0.6 is 11.8 Å². The van der Waals surface area contributed by atoms with Crippen molar-refractivity contribution in [2.75, 3.05) is 12.3 Å². The topological polar surface area (TPSA) is 64.7 Å². The fourth-order valence-corrected chi connectivity index (χ4v) is 3.62. The number of para-hydroxylation sites is 2. The zero-order valence-corrected chi connectivity index (χ0v) is 15.4. The van der Waals surface area contributed by atoms with Crippen LogP contribution in [0.1, 0.15) is 18.9 Å². The summed E-state index contributed by atoms with van der Waals surface area (Å²) in [6, 6.07) is 8.06.